The molecule has 0 heterocycles. The van der Waals surface area contributed by atoms with Crippen molar-refractivity contribution in [3.05, 3.63) is 58.1 Å². The van der Waals surface area contributed by atoms with Gasteiger partial charge in [-0.1, -0.05) is 15.9 Å². The van der Waals surface area contributed by atoms with Crippen molar-refractivity contribution in [3.8, 4) is 5.75 Å². The third kappa shape index (κ3) is 5.39. The number of carbonyl (C=O) groups is 2. The van der Waals surface area contributed by atoms with Crippen molar-refractivity contribution in [3.63, 3.8) is 0 Å². The largest absolute Gasteiger partial charge is 0.497 e. The van der Waals surface area contributed by atoms with Gasteiger partial charge in [0.05, 0.1) is 12.9 Å². The molecule has 0 fully saturated rings. The zero-order chi connectivity index (χ0) is 17.5. The number of aryl methyl sites for hydroxylation is 1. The van der Waals surface area contributed by atoms with E-state index in [1.807, 2.05) is 25.1 Å². The molecule has 0 aromatic heterocycles. The second-order valence-electron chi connectivity index (χ2n) is 5.01. The molecule has 126 valence electrons. The Hall–Kier alpha value is -1.79. The van der Waals surface area contributed by atoms with E-state index in [9.17, 15) is 9.59 Å². The number of hydrogen-bond donors (Lipinski definition) is 0. The molecular weight excluding hydrogens is 392 g/mol. The lowest BCUT2D eigenvalue weighted by Crippen LogP contribution is -2.15. The van der Waals surface area contributed by atoms with Gasteiger partial charge in [-0.2, -0.15) is 0 Å². The summed E-state index contributed by atoms with van der Waals surface area (Å²) in [5.74, 6) is 0.183. The Balaban J connectivity index is 1.80. The fraction of sp³-hybridized carbons (Fsp3) is 0.222. The Morgan fingerprint density at radius 2 is 1.83 bits per heavy atom. The molecule has 0 spiro atoms. The molecule has 0 bridgehead atoms. The number of methoxy groups -OCH3 is 1. The van der Waals surface area contributed by atoms with Crippen LogP contribution in [0.2, 0.25) is 0 Å². The normalized spacial score (nSPS) is 10.3. The number of esters is 1. The average molecular weight is 409 g/mol. The smallest absolute Gasteiger partial charge is 0.316 e. The molecule has 0 aliphatic carbocycles. The number of halogens is 1. The summed E-state index contributed by atoms with van der Waals surface area (Å²) in [4.78, 5) is 24.8. The van der Waals surface area contributed by atoms with Crippen LogP contribution in [-0.4, -0.2) is 31.2 Å². The zero-order valence-corrected chi connectivity index (χ0v) is 15.8. The summed E-state index contributed by atoms with van der Waals surface area (Å²) < 4.78 is 11.1. The van der Waals surface area contributed by atoms with Crippen LogP contribution < -0.4 is 4.74 Å². The quantitative estimate of drug-likeness (QED) is 0.388. The summed E-state index contributed by atoms with van der Waals surface area (Å²) in [6, 6.07) is 12.5. The van der Waals surface area contributed by atoms with Crippen LogP contribution in [0.3, 0.4) is 0 Å². The number of benzene rings is 2. The van der Waals surface area contributed by atoms with Gasteiger partial charge in [0.1, 0.15) is 5.75 Å². The lowest BCUT2D eigenvalue weighted by molar-refractivity contribution is -0.139. The van der Waals surface area contributed by atoms with Crippen molar-refractivity contribution >= 4 is 39.4 Å². The standard InChI is InChI=1S/C18H17BrO4S/c1-12-9-14(19)5-8-17(12)24-11-18(21)23-10-16(20)13-3-6-15(22-2)7-4-13/h3-9H,10-11H2,1-2H3. The highest BCUT2D eigenvalue weighted by molar-refractivity contribution is 9.10. The highest BCUT2D eigenvalue weighted by atomic mass is 79.9. The molecule has 0 aliphatic rings. The van der Waals surface area contributed by atoms with Crippen LogP contribution in [0.15, 0.2) is 51.8 Å². The van der Waals surface area contributed by atoms with Crippen LogP contribution in [-0.2, 0) is 9.53 Å². The van der Waals surface area contributed by atoms with Gasteiger partial charge < -0.3 is 9.47 Å². The van der Waals surface area contributed by atoms with Crippen LogP contribution in [0, 0.1) is 6.92 Å². The van der Waals surface area contributed by atoms with Gasteiger partial charge in [0.15, 0.2) is 12.4 Å². The van der Waals surface area contributed by atoms with E-state index in [1.165, 1.54) is 11.8 Å². The van der Waals surface area contributed by atoms with Crippen LogP contribution in [0.5, 0.6) is 5.75 Å². The third-order valence-electron chi connectivity index (χ3n) is 3.26. The number of ether oxygens (including phenoxy) is 2. The average Bonchev–Trinajstić information content (AvgIpc) is 2.59. The van der Waals surface area contributed by atoms with E-state index in [-0.39, 0.29) is 18.1 Å². The lowest BCUT2D eigenvalue weighted by Gasteiger charge is -2.07. The molecular formula is C18H17BrO4S. The van der Waals surface area contributed by atoms with E-state index in [4.69, 9.17) is 9.47 Å². The highest BCUT2D eigenvalue weighted by Crippen LogP contribution is 2.25. The molecule has 4 nitrogen and oxygen atoms in total. The van der Waals surface area contributed by atoms with Gasteiger partial charge in [0, 0.05) is 14.9 Å². The summed E-state index contributed by atoms with van der Waals surface area (Å²) in [7, 11) is 1.56. The minimum absolute atomic E-state index is 0.165. The van der Waals surface area contributed by atoms with E-state index in [0.717, 1.165) is 14.9 Å². The molecule has 2 rings (SSSR count). The van der Waals surface area contributed by atoms with E-state index in [1.54, 1.807) is 31.4 Å². The first-order valence-electron chi connectivity index (χ1n) is 7.21. The predicted molar refractivity (Wildman–Crippen MR) is 97.9 cm³/mol. The molecule has 0 unspecified atom stereocenters. The molecule has 6 heteroatoms. The maximum absolute atomic E-state index is 12.0. The van der Waals surface area contributed by atoms with E-state index in [0.29, 0.717) is 11.3 Å². The predicted octanol–water partition coefficient (Wildman–Crippen LogP) is 4.28. The van der Waals surface area contributed by atoms with E-state index in [2.05, 4.69) is 15.9 Å². The number of hydrogen-bond acceptors (Lipinski definition) is 5. The fourth-order valence-electron chi connectivity index (χ4n) is 1.96. The molecule has 0 saturated heterocycles. The van der Waals surface area contributed by atoms with Crippen LogP contribution in [0.1, 0.15) is 15.9 Å². The molecule has 2 aromatic carbocycles. The minimum atomic E-state index is -0.413. The Labute approximate surface area is 153 Å². The van der Waals surface area contributed by atoms with Gasteiger partial charge in [0.2, 0.25) is 0 Å². The molecule has 0 aliphatic heterocycles. The van der Waals surface area contributed by atoms with Crippen molar-refractivity contribution in [2.45, 2.75) is 11.8 Å². The van der Waals surface area contributed by atoms with Gasteiger partial charge in [0.25, 0.3) is 0 Å². The third-order valence-corrected chi connectivity index (χ3v) is 4.90. The highest BCUT2D eigenvalue weighted by Gasteiger charge is 2.11. The molecule has 0 N–H and O–H groups in total. The van der Waals surface area contributed by atoms with Crippen LogP contribution >= 0.6 is 27.7 Å². The fourth-order valence-corrected chi connectivity index (χ4v) is 3.24. The minimum Gasteiger partial charge on any atom is -0.497 e. The Morgan fingerprint density at radius 1 is 1.12 bits per heavy atom. The summed E-state index contributed by atoms with van der Waals surface area (Å²) in [6.07, 6.45) is 0. The van der Waals surface area contributed by atoms with Crippen LogP contribution in [0.25, 0.3) is 0 Å². The van der Waals surface area contributed by atoms with Gasteiger partial charge in [-0.25, -0.2) is 0 Å². The Kier molecular flexibility index (Phi) is 6.87. The first-order chi connectivity index (χ1) is 11.5. The van der Waals surface area contributed by atoms with Crippen molar-refractivity contribution in [1.29, 1.82) is 0 Å². The van der Waals surface area contributed by atoms with Gasteiger partial charge in [-0.15, -0.1) is 11.8 Å². The SMILES string of the molecule is COc1ccc(C(=O)COC(=O)CSc2ccc(Br)cc2C)cc1. The number of rotatable bonds is 7. The van der Waals surface area contributed by atoms with Crippen molar-refractivity contribution in [1.82, 2.24) is 0 Å². The number of ketones is 1. The number of carbonyl (C=O) groups excluding carboxylic acids is 2. The lowest BCUT2D eigenvalue weighted by atomic mass is 10.1. The van der Waals surface area contributed by atoms with Crippen LogP contribution in [0.4, 0.5) is 0 Å². The monoisotopic (exact) mass is 408 g/mol. The maximum atomic E-state index is 12.0. The molecule has 0 atom stereocenters. The van der Waals surface area contributed by atoms with E-state index < -0.39 is 5.97 Å². The first kappa shape index (κ1) is 18.5. The Bertz CT molecular complexity index is 728. The van der Waals surface area contributed by atoms with Gasteiger partial charge in [-0.05, 0) is 55.0 Å². The number of Topliss-reactive ketones (excluding diaryl/α,β-unsaturated/α-hetero) is 1. The second kappa shape index (κ2) is 8.89. The first-order valence-corrected chi connectivity index (χ1v) is 8.99. The van der Waals surface area contributed by atoms with E-state index >= 15 is 0 Å². The summed E-state index contributed by atoms with van der Waals surface area (Å²) in [6.45, 7) is 1.72. The maximum Gasteiger partial charge on any atom is 0.316 e. The Morgan fingerprint density at radius 3 is 2.46 bits per heavy atom. The molecule has 2 aromatic rings. The van der Waals surface area contributed by atoms with Gasteiger partial charge >= 0.3 is 5.97 Å². The number of thioether (sulfide) groups is 1. The summed E-state index contributed by atoms with van der Waals surface area (Å²) >= 11 is 4.80. The van der Waals surface area contributed by atoms with Crippen molar-refractivity contribution in [2.75, 3.05) is 19.5 Å². The second-order valence-corrected chi connectivity index (χ2v) is 6.94. The topological polar surface area (TPSA) is 52.6 Å². The molecule has 24 heavy (non-hydrogen) atoms. The van der Waals surface area contributed by atoms with Gasteiger partial charge in [-0.3, -0.25) is 9.59 Å². The summed E-state index contributed by atoms with van der Waals surface area (Å²) in [5, 5.41) is 0. The zero-order valence-electron chi connectivity index (χ0n) is 13.4. The summed E-state index contributed by atoms with van der Waals surface area (Å²) in [5.41, 5.74) is 1.57. The van der Waals surface area contributed by atoms with Crippen molar-refractivity contribution in [2.24, 2.45) is 0 Å². The molecule has 0 amide bonds. The van der Waals surface area contributed by atoms with Crippen molar-refractivity contribution < 1.29 is 19.1 Å². The molecule has 0 radical (unpaired) electrons. The molecule has 0 saturated carbocycles.